The monoisotopic (exact) mass is 384 g/mol. The minimum absolute atomic E-state index is 0.565. The maximum atomic E-state index is 12.1. The van der Waals surface area contributed by atoms with Gasteiger partial charge in [-0.25, -0.2) is 10.3 Å². The first-order valence-corrected chi connectivity index (χ1v) is 9.70. The first kappa shape index (κ1) is 17.0. The van der Waals surface area contributed by atoms with Gasteiger partial charge in [0.25, 0.3) is 0 Å². The van der Waals surface area contributed by atoms with Gasteiger partial charge in [0.2, 0.25) is 0 Å². The number of carbonyl (C=O) groups excluding carboxylic acids is 1. The number of amides is 2. The van der Waals surface area contributed by atoms with E-state index in [2.05, 4.69) is 0 Å². The zero-order chi connectivity index (χ0) is 18.3. The highest BCUT2D eigenvalue weighted by atomic mass is 32.1. The summed E-state index contributed by atoms with van der Waals surface area (Å²) in [6.45, 7) is 1.78. The highest BCUT2D eigenvalue weighted by molar-refractivity contribution is 7.17. The summed E-state index contributed by atoms with van der Waals surface area (Å²) in [5.74, 6) is 0. The number of hydrogen-bond donors (Lipinski definition) is 3. The molecule has 4 rings (SSSR count). The number of rotatable bonds is 3. The number of carbonyl (C=O) groups is 1. The molecule has 5 nitrogen and oxygen atoms in total. The average molecular weight is 384 g/mol. The molecule has 0 saturated carbocycles. The lowest BCUT2D eigenvalue weighted by molar-refractivity contribution is -0.115. The largest absolute Gasteiger partial charge is 0.365 e. The van der Waals surface area contributed by atoms with Gasteiger partial charge in [0.1, 0.15) is 5.54 Å². The molecule has 0 spiro atoms. The Morgan fingerprint density at radius 1 is 0.962 bits per heavy atom. The number of benzene rings is 2. The Labute approximate surface area is 157 Å². The molecular weight excluding hydrogens is 368 g/mol. The van der Waals surface area contributed by atoms with E-state index in [0.717, 1.165) is 31.3 Å². The van der Waals surface area contributed by atoms with Crippen LogP contribution in [0.1, 0.15) is 18.1 Å². The Hall–Kier alpha value is -2.45. The number of thiophene rings is 2. The van der Waals surface area contributed by atoms with Crippen LogP contribution in [-0.2, 0) is 5.54 Å². The molecule has 7 heteroatoms. The molecule has 132 valence electrons. The van der Waals surface area contributed by atoms with Crippen LogP contribution in [0.5, 0.6) is 0 Å². The Morgan fingerprint density at radius 3 is 1.88 bits per heavy atom. The molecule has 26 heavy (non-hydrogen) atoms. The maximum absolute atomic E-state index is 12.1. The summed E-state index contributed by atoms with van der Waals surface area (Å²) in [4.78, 5) is 12.1. The normalized spacial score (nSPS) is 11.8. The van der Waals surface area contributed by atoms with Gasteiger partial charge in [-0.15, -0.1) is 22.7 Å². The minimum atomic E-state index is -1.17. The second kappa shape index (κ2) is 6.37. The fourth-order valence-electron chi connectivity index (χ4n) is 3.33. The lowest BCUT2D eigenvalue weighted by atomic mass is 9.84. The Kier molecular flexibility index (Phi) is 4.16. The molecule has 2 heterocycles. The van der Waals surface area contributed by atoms with Crippen molar-refractivity contribution in [2.75, 3.05) is 0 Å². The Balaban J connectivity index is 2.03. The second-order valence-corrected chi connectivity index (χ2v) is 7.91. The van der Waals surface area contributed by atoms with Crippen LogP contribution in [0.15, 0.2) is 59.3 Å². The van der Waals surface area contributed by atoms with E-state index in [1.165, 1.54) is 5.48 Å². The van der Waals surface area contributed by atoms with E-state index < -0.39 is 11.6 Å². The average Bonchev–Trinajstić information content (AvgIpc) is 3.31. The number of hydroxylamine groups is 3. The third-order valence-corrected chi connectivity index (χ3v) is 6.65. The van der Waals surface area contributed by atoms with Gasteiger partial charge < -0.3 is 0 Å². The van der Waals surface area contributed by atoms with Crippen LogP contribution >= 0.6 is 22.7 Å². The van der Waals surface area contributed by atoms with Crippen molar-refractivity contribution in [3.8, 4) is 0 Å². The van der Waals surface area contributed by atoms with E-state index >= 15 is 0 Å². The smallest absolute Gasteiger partial charge is 0.287 e. The third kappa shape index (κ3) is 2.40. The van der Waals surface area contributed by atoms with E-state index in [1.54, 1.807) is 29.6 Å². The third-order valence-electron chi connectivity index (χ3n) is 4.72. The van der Waals surface area contributed by atoms with Crippen molar-refractivity contribution in [2.24, 2.45) is 0 Å². The predicted octanol–water partition coefficient (Wildman–Crippen LogP) is 5.17. The second-order valence-electron chi connectivity index (χ2n) is 6.09. The molecule has 0 saturated heterocycles. The van der Waals surface area contributed by atoms with Crippen LogP contribution in [0.4, 0.5) is 4.79 Å². The molecule has 2 amide bonds. The van der Waals surface area contributed by atoms with Gasteiger partial charge in [-0.1, -0.05) is 36.4 Å². The van der Waals surface area contributed by atoms with E-state index in [9.17, 15) is 10.0 Å². The van der Waals surface area contributed by atoms with Crippen molar-refractivity contribution in [1.82, 2.24) is 10.5 Å². The molecule has 0 aliphatic carbocycles. The standard InChI is InChI=1S/C19H16N2O3S2/c1-19(21(24)18(22)20-23,14-10-25-16-8-4-2-6-12(14)16)15-11-26-17-9-5-3-7-13(15)17/h2-11,23-24H,1H3,(H,20,22). The van der Waals surface area contributed by atoms with E-state index in [0.29, 0.717) is 5.06 Å². The summed E-state index contributed by atoms with van der Waals surface area (Å²) >= 11 is 3.10. The lowest BCUT2D eigenvalue weighted by Gasteiger charge is -2.36. The number of urea groups is 1. The van der Waals surface area contributed by atoms with E-state index in [4.69, 9.17) is 5.21 Å². The fourth-order valence-corrected chi connectivity index (χ4v) is 5.46. The molecule has 0 aliphatic rings. The number of nitrogens with zero attached hydrogens (tertiary/aromatic N) is 1. The summed E-state index contributed by atoms with van der Waals surface area (Å²) in [6, 6.07) is 14.7. The summed E-state index contributed by atoms with van der Waals surface area (Å²) in [5.41, 5.74) is 1.96. The lowest BCUT2D eigenvalue weighted by Crippen LogP contribution is -2.49. The van der Waals surface area contributed by atoms with Crippen LogP contribution in [0.3, 0.4) is 0 Å². The molecule has 2 aromatic heterocycles. The Bertz CT molecular complexity index is 1030. The molecule has 2 aromatic carbocycles. The van der Waals surface area contributed by atoms with Gasteiger partial charge in [0.15, 0.2) is 0 Å². The van der Waals surface area contributed by atoms with Crippen molar-refractivity contribution >= 4 is 48.9 Å². The molecular formula is C19H16N2O3S2. The topological polar surface area (TPSA) is 72.8 Å². The van der Waals surface area contributed by atoms with Crippen LogP contribution < -0.4 is 5.48 Å². The molecule has 3 N–H and O–H groups in total. The van der Waals surface area contributed by atoms with Crippen LogP contribution in [0, 0.1) is 0 Å². The van der Waals surface area contributed by atoms with Gasteiger partial charge in [-0.3, -0.25) is 10.4 Å². The number of hydrogen-bond acceptors (Lipinski definition) is 5. The molecule has 0 aliphatic heterocycles. The number of nitrogens with one attached hydrogen (secondary N) is 1. The highest BCUT2D eigenvalue weighted by Crippen LogP contribution is 2.45. The highest BCUT2D eigenvalue weighted by Gasteiger charge is 2.42. The molecule has 0 radical (unpaired) electrons. The van der Waals surface area contributed by atoms with Crippen molar-refractivity contribution < 1.29 is 15.2 Å². The van der Waals surface area contributed by atoms with Crippen LogP contribution in [0.2, 0.25) is 0 Å². The zero-order valence-corrected chi connectivity index (χ0v) is 15.5. The predicted molar refractivity (Wildman–Crippen MR) is 104 cm³/mol. The molecule has 4 aromatic rings. The molecule has 0 fully saturated rings. The SMILES string of the molecule is CC(c1csc2ccccc12)(c1csc2ccccc12)N(O)C(=O)NO. The molecule has 0 bridgehead atoms. The first-order valence-electron chi connectivity index (χ1n) is 7.94. The van der Waals surface area contributed by atoms with Gasteiger partial charge >= 0.3 is 6.03 Å². The summed E-state index contributed by atoms with van der Waals surface area (Å²) in [7, 11) is 0. The van der Waals surface area contributed by atoms with E-state index in [-0.39, 0.29) is 0 Å². The number of fused-ring (bicyclic) bond motifs is 2. The van der Waals surface area contributed by atoms with Gasteiger partial charge in [0, 0.05) is 20.5 Å². The molecule has 0 atom stereocenters. The first-order chi connectivity index (χ1) is 12.6. The fraction of sp³-hybridized carbons (Fsp3) is 0.105. The van der Waals surface area contributed by atoms with Crippen LogP contribution in [0.25, 0.3) is 20.2 Å². The Morgan fingerprint density at radius 2 is 1.42 bits per heavy atom. The quantitative estimate of drug-likeness (QED) is 0.337. The van der Waals surface area contributed by atoms with Crippen molar-refractivity contribution in [3.63, 3.8) is 0 Å². The summed E-state index contributed by atoms with van der Waals surface area (Å²) in [6.07, 6.45) is 0. The van der Waals surface area contributed by atoms with E-state index in [1.807, 2.05) is 59.3 Å². The van der Waals surface area contributed by atoms with Crippen molar-refractivity contribution in [1.29, 1.82) is 0 Å². The van der Waals surface area contributed by atoms with Crippen LogP contribution in [-0.4, -0.2) is 21.5 Å². The van der Waals surface area contributed by atoms with Gasteiger partial charge in [-0.05, 0) is 40.6 Å². The maximum Gasteiger partial charge on any atom is 0.365 e. The van der Waals surface area contributed by atoms with Crippen molar-refractivity contribution in [2.45, 2.75) is 12.5 Å². The molecule has 0 unspecified atom stereocenters. The van der Waals surface area contributed by atoms with Crippen molar-refractivity contribution in [3.05, 3.63) is 70.4 Å². The van der Waals surface area contributed by atoms with Gasteiger partial charge in [0.05, 0.1) is 0 Å². The zero-order valence-electron chi connectivity index (χ0n) is 13.8. The van der Waals surface area contributed by atoms with Gasteiger partial charge in [-0.2, -0.15) is 5.06 Å². The summed E-state index contributed by atoms with van der Waals surface area (Å²) < 4.78 is 2.12. The minimum Gasteiger partial charge on any atom is -0.287 e. The summed E-state index contributed by atoms with van der Waals surface area (Å²) in [5, 5.41) is 26.2.